The third-order valence-electron chi connectivity index (χ3n) is 1.52. The van der Waals surface area contributed by atoms with E-state index in [2.05, 4.69) is 26.0 Å². The molecule has 1 rings (SSSR count). The first-order valence-corrected chi connectivity index (χ1v) is 4.05. The third kappa shape index (κ3) is 1.02. The molecule has 1 atom stereocenters. The van der Waals surface area contributed by atoms with E-state index >= 15 is 0 Å². The van der Waals surface area contributed by atoms with Crippen molar-refractivity contribution in [2.24, 2.45) is 5.92 Å². The van der Waals surface area contributed by atoms with Crippen LogP contribution in [0.15, 0.2) is 21.0 Å². The van der Waals surface area contributed by atoms with E-state index in [0.717, 1.165) is 5.92 Å². The van der Waals surface area contributed by atoms with Gasteiger partial charge in [-0.1, -0.05) is 0 Å². The molecule has 0 aromatic heterocycles. The summed E-state index contributed by atoms with van der Waals surface area (Å²) in [7, 11) is 0. The van der Waals surface area contributed by atoms with Crippen LogP contribution >= 0.6 is 0 Å². The first-order valence-electron chi connectivity index (χ1n) is 2.82. The van der Waals surface area contributed by atoms with Crippen LogP contribution < -0.4 is 0 Å². The SMILES string of the molecule is CC1=[C]([Zr])C(C)C=C1. The minimum atomic E-state index is 0.730. The Hall–Kier alpha value is 0.363. The van der Waals surface area contributed by atoms with Gasteiger partial charge in [0.25, 0.3) is 0 Å². The maximum absolute atomic E-state index is 2.26. The Labute approximate surface area is 65.5 Å². The predicted molar refractivity (Wildman–Crippen MR) is 31.0 cm³/mol. The summed E-state index contributed by atoms with van der Waals surface area (Å²) in [5.74, 6) is 0.730. The molecular weight excluding hydrogens is 175 g/mol. The van der Waals surface area contributed by atoms with Gasteiger partial charge >= 0.3 is 65.5 Å². The van der Waals surface area contributed by atoms with Gasteiger partial charge in [-0.3, -0.25) is 0 Å². The van der Waals surface area contributed by atoms with E-state index in [4.69, 9.17) is 0 Å². The molecule has 8 heavy (non-hydrogen) atoms. The van der Waals surface area contributed by atoms with Crippen molar-refractivity contribution in [3.63, 3.8) is 0 Å². The van der Waals surface area contributed by atoms with E-state index < -0.39 is 0 Å². The second kappa shape index (κ2) is 2.31. The molecule has 0 fully saturated rings. The monoisotopic (exact) mass is 183 g/mol. The zero-order valence-electron chi connectivity index (χ0n) is 5.23. The molecule has 1 unspecified atom stereocenters. The number of rotatable bonds is 0. The molecule has 41 valence electrons. The van der Waals surface area contributed by atoms with E-state index in [1.807, 2.05) is 0 Å². The van der Waals surface area contributed by atoms with Crippen molar-refractivity contribution in [1.82, 2.24) is 0 Å². The molecule has 0 spiro atoms. The fourth-order valence-electron chi connectivity index (χ4n) is 0.834. The normalized spacial score (nSPS) is 27.4. The van der Waals surface area contributed by atoms with E-state index in [1.165, 1.54) is 5.57 Å². The van der Waals surface area contributed by atoms with Gasteiger partial charge in [0.1, 0.15) is 0 Å². The van der Waals surface area contributed by atoms with Crippen LogP contribution in [0.4, 0.5) is 0 Å². The Morgan fingerprint density at radius 2 is 2.25 bits per heavy atom. The number of hydrogen-bond acceptors (Lipinski definition) is 0. The summed E-state index contributed by atoms with van der Waals surface area (Å²) in [5.41, 5.74) is 1.48. The molecule has 0 amide bonds. The summed E-state index contributed by atoms with van der Waals surface area (Å²) in [5, 5.41) is 0. The fourth-order valence-corrected chi connectivity index (χ4v) is 1.28. The zero-order valence-corrected chi connectivity index (χ0v) is 7.69. The van der Waals surface area contributed by atoms with Gasteiger partial charge in [0.05, 0.1) is 0 Å². The summed E-state index contributed by atoms with van der Waals surface area (Å²) < 4.78 is 1.61. The Kier molecular flexibility index (Phi) is 1.87. The molecular formula is C7H9Zr. The second-order valence-electron chi connectivity index (χ2n) is 2.24. The van der Waals surface area contributed by atoms with Crippen LogP contribution in [0, 0.1) is 5.92 Å². The standard InChI is InChI=1S/C7H9.Zr/c1-6-3-4-7(2)5-6;/h3-4,6H,1-2H3;. The van der Waals surface area contributed by atoms with Crippen LogP contribution in [-0.4, -0.2) is 0 Å². The van der Waals surface area contributed by atoms with Gasteiger partial charge in [-0.15, -0.1) is 0 Å². The van der Waals surface area contributed by atoms with Gasteiger partial charge in [0.2, 0.25) is 0 Å². The number of allylic oxidation sites excluding steroid dienone is 4. The van der Waals surface area contributed by atoms with Crippen molar-refractivity contribution >= 4 is 0 Å². The van der Waals surface area contributed by atoms with Crippen LogP contribution in [0.5, 0.6) is 0 Å². The quantitative estimate of drug-likeness (QED) is 0.540. The fraction of sp³-hybridized carbons (Fsp3) is 0.429. The zero-order chi connectivity index (χ0) is 6.15. The molecule has 1 aliphatic rings. The molecule has 0 aromatic carbocycles. The molecule has 0 nitrogen and oxygen atoms in total. The molecule has 0 aliphatic heterocycles. The molecule has 0 saturated heterocycles. The van der Waals surface area contributed by atoms with Crippen molar-refractivity contribution in [3.8, 4) is 0 Å². The molecule has 0 radical (unpaired) electrons. The Morgan fingerprint density at radius 3 is 2.38 bits per heavy atom. The van der Waals surface area contributed by atoms with Gasteiger partial charge < -0.3 is 0 Å². The molecule has 1 aliphatic carbocycles. The molecule has 0 N–H and O–H groups in total. The van der Waals surface area contributed by atoms with Crippen LogP contribution in [0.1, 0.15) is 13.8 Å². The molecule has 0 aromatic rings. The first kappa shape index (κ1) is 6.48. The maximum atomic E-state index is 2.26. The van der Waals surface area contributed by atoms with Crippen LogP contribution in [0.3, 0.4) is 0 Å². The van der Waals surface area contributed by atoms with E-state index in [1.54, 1.807) is 28.0 Å². The average Bonchev–Trinajstić information content (AvgIpc) is 1.98. The predicted octanol–water partition coefficient (Wildman–Crippen LogP) is 2.01. The summed E-state index contributed by atoms with van der Waals surface area (Å²) in [6.45, 7) is 4.43. The van der Waals surface area contributed by atoms with E-state index in [0.29, 0.717) is 0 Å². The summed E-state index contributed by atoms with van der Waals surface area (Å²) >= 11 is 1.57. The Balaban J connectivity index is 2.85. The van der Waals surface area contributed by atoms with E-state index in [-0.39, 0.29) is 0 Å². The summed E-state index contributed by atoms with van der Waals surface area (Å²) in [6, 6.07) is 0. The van der Waals surface area contributed by atoms with Gasteiger partial charge in [0, 0.05) is 0 Å². The number of hydrogen-bond donors (Lipinski definition) is 0. The van der Waals surface area contributed by atoms with Crippen molar-refractivity contribution < 1.29 is 24.7 Å². The van der Waals surface area contributed by atoms with Gasteiger partial charge in [0.15, 0.2) is 0 Å². The van der Waals surface area contributed by atoms with Gasteiger partial charge in [-0.25, -0.2) is 0 Å². The minimum absolute atomic E-state index is 0.730. The topological polar surface area (TPSA) is 0 Å². The van der Waals surface area contributed by atoms with Crippen molar-refractivity contribution in [1.29, 1.82) is 0 Å². The average molecular weight is 184 g/mol. The van der Waals surface area contributed by atoms with Crippen molar-refractivity contribution in [2.75, 3.05) is 0 Å². The third-order valence-corrected chi connectivity index (χ3v) is 3.60. The van der Waals surface area contributed by atoms with Gasteiger partial charge in [-0.2, -0.15) is 0 Å². The summed E-state index contributed by atoms with van der Waals surface area (Å²) in [4.78, 5) is 0. The summed E-state index contributed by atoms with van der Waals surface area (Å²) in [6.07, 6.45) is 4.48. The molecule has 0 saturated carbocycles. The first-order chi connectivity index (χ1) is 3.72. The van der Waals surface area contributed by atoms with Crippen LogP contribution in [0.2, 0.25) is 0 Å². The van der Waals surface area contributed by atoms with Gasteiger partial charge in [-0.05, 0) is 0 Å². The van der Waals surface area contributed by atoms with E-state index in [9.17, 15) is 0 Å². The molecule has 1 heteroatoms. The molecule has 0 bridgehead atoms. The van der Waals surface area contributed by atoms with Crippen molar-refractivity contribution in [3.05, 3.63) is 21.0 Å². The Morgan fingerprint density at radius 1 is 1.62 bits per heavy atom. The molecule has 0 heterocycles. The van der Waals surface area contributed by atoms with Crippen molar-refractivity contribution in [2.45, 2.75) is 13.8 Å². The second-order valence-corrected chi connectivity index (χ2v) is 3.57. The van der Waals surface area contributed by atoms with Crippen LogP contribution in [0.25, 0.3) is 0 Å². The Bertz CT molecular complexity index is 154. The van der Waals surface area contributed by atoms with Crippen LogP contribution in [-0.2, 0) is 24.7 Å².